The van der Waals surface area contributed by atoms with Crippen LogP contribution < -0.4 is 5.32 Å². The molecule has 2 nitrogen and oxygen atoms in total. The second-order valence-corrected chi connectivity index (χ2v) is 3.96. The SMILES string of the molecule is C[C@H]1CN[C@@H](C(C)(C)O)C1. The first kappa shape index (κ1) is 8.02. The second-order valence-electron chi connectivity index (χ2n) is 3.96. The monoisotopic (exact) mass is 143 g/mol. The average molecular weight is 143 g/mol. The van der Waals surface area contributed by atoms with Crippen LogP contribution in [0.25, 0.3) is 0 Å². The van der Waals surface area contributed by atoms with Crippen LogP contribution in [-0.4, -0.2) is 23.3 Å². The molecule has 1 fully saturated rings. The van der Waals surface area contributed by atoms with E-state index in [0.29, 0.717) is 6.04 Å². The molecule has 1 heterocycles. The molecule has 1 aliphatic rings. The lowest BCUT2D eigenvalue weighted by atomic mass is 9.95. The summed E-state index contributed by atoms with van der Waals surface area (Å²) in [5.41, 5.74) is -0.551. The third-order valence-corrected chi connectivity index (χ3v) is 2.20. The fraction of sp³-hybridized carbons (Fsp3) is 1.00. The lowest BCUT2D eigenvalue weighted by molar-refractivity contribution is 0.0438. The van der Waals surface area contributed by atoms with Gasteiger partial charge in [-0.15, -0.1) is 0 Å². The standard InChI is InChI=1S/C8H17NO/c1-6-4-7(9-5-6)8(2,3)10/h6-7,9-10H,4-5H2,1-3H3/t6-,7-/m1/s1. The zero-order chi connectivity index (χ0) is 7.78. The quantitative estimate of drug-likeness (QED) is 0.568. The van der Waals surface area contributed by atoms with Crippen molar-refractivity contribution in [3.05, 3.63) is 0 Å². The van der Waals surface area contributed by atoms with Gasteiger partial charge in [-0.25, -0.2) is 0 Å². The minimum Gasteiger partial charge on any atom is -0.389 e. The Bertz CT molecular complexity index is 117. The predicted molar refractivity (Wildman–Crippen MR) is 41.9 cm³/mol. The van der Waals surface area contributed by atoms with Crippen molar-refractivity contribution in [2.24, 2.45) is 5.92 Å². The summed E-state index contributed by atoms with van der Waals surface area (Å²) >= 11 is 0. The van der Waals surface area contributed by atoms with Crippen LogP contribution in [0, 0.1) is 5.92 Å². The molecule has 1 aliphatic heterocycles. The summed E-state index contributed by atoms with van der Waals surface area (Å²) in [6.45, 7) is 6.98. The maximum absolute atomic E-state index is 9.57. The molecule has 1 saturated heterocycles. The zero-order valence-electron chi connectivity index (χ0n) is 7.02. The number of hydrogen-bond acceptors (Lipinski definition) is 2. The van der Waals surface area contributed by atoms with E-state index in [4.69, 9.17) is 0 Å². The Hall–Kier alpha value is -0.0800. The highest BCUT2D eigenvalue weighted by molar-refractivity contribution is 4.90. The summed E-state index contributed by atoms with van der Waals surface area (Å²) in [7, 11) is 0. The van der Waals surface area contributed by atoms with E-state index in [1.165, 1.54) is 0 Å². The Balaban J connectivity index is 2.45. The van der Waals surface area contributed by atoms with Gasteiger partial charge >= 0.3 is 0 Å². The molecule has 2 heteroatoms. The van der Waals surface area contributed by atoms with Gasteiger partial charge in [-0.05, 0) is 32.7 Å². The van der Waals surface area contributed by atoms with Gasteiger partial charge in [0.1, 0.15) is 0 Å². The van der Waals surface area contributed by atoms with Crippen LogP contribution in [0.2, 0.25) is 0 Å². The predicted octanol–water partition coefficient (Wildman–Crippen LogP) is 0.755. The van der Waals surface area contributed by atoms with Crippen LogP contribution in [0.5, 0.6) is 0 Å². The summed E-state index contributed by atoms with van der Waals surface area (Å²) < 4.78 is 0. The van der Waals surface area contributed by atoms with E-state index in [1.54, 1.807) is 0 Å². The molecule has 10 heavy (non-hydrogen) atoms. The zero-order valence-corrected chi connectivity index (χ0v) is 7.02. The smallest absolute Gasteiger partial charge is 0.0744 e. The molecule has 0 spiro atoms. The van der Waals surface area contributed by atoms with Crippen LogP contribution in [-0.2, 0) is 0 Å². The second kappa shape index (κ2) is 2.51. The molecule has 0 saturated carbocycles. The Morgan fingerprint density at radius 2 is 2.10 bits per heavy atom. The van der Waals surface area contributed by atoms with Crippen molar-refractivity contribution in [2.45, 2.75) is 38.8 Å². The highest BCUT2D eigenvalue weighted by Crippen LogP contribution is 2.21. The number of nitrogens with one attached hydrogen (secondary N) is 1. The summed E-state index contributed by atoms with van der Waals surface area (Å²) in [4.78, 5) is 0. The van der Waals surface area contributed by atoms with Crippen molar-refractivity contribution in [3.8, 4) is 0 Å². The van der Waals surface area contributed by atoms with Gasteiger partial charge in [0.25, 0.3) is 0 Å². The van der Waals surface area contributed by atoms with Gasteiger partial charge in [-0.2, -0.15) is 0 Å². The molecule has 0 aromatic rings. The van der Waals surface area contributed by atoms with Gasteiger partial charge in [-0.3, -0.25) is 0 Å². The lowest BCUT2D eigenvalue weighted by Crippen LogP contribution is -2.42. The van der Waals surface area contributed by atoms with Crippen molar-refractivity contribution in [3.63, 3.8) is 0 Å². The Labute approximate surface area is 62.6 Å². The minimum atomic E-state index is -0.551. The molecule has 0 aliphatic carbocycles. The number of rotatable bonds is 1. The molecular weight excluding hydrogens is 126 g/mol. The molecule has 1 rings (SSSR count). The topological polar surface area (TPSA) is 32.3 Å². The largest absolute Gasteiger partial charge is 0.389 e. The summed E-state index contributed by atoms with van der Waals surface area (Å²) in [5, 5.41) is 12.9. The van der Waals surface area contributed by atoms with E-state index >= 15 is 0 Å². The van der Waals surface area contributed by atoms with Gasteiger partial charge in [0.05, 0.1) is 5.60 Å². The van der Waals surface area contributed by atoms with Crippen LogP contribution in [0.4, 0.5) is 0 Å². The van der Waals surface area contributed by atoms with Gasteiger partial charge in [0.15, 0.2) is 0 Å². The molecule has 0 unspecified atom stereocenters. The molecule has 2 atom stereocenters. The van der Waals surface area contributed by atoms with Crippen molar-refractivity contribution < 1.29 is 5.11 Å². The number of aliphatic hydroxyl groups is 1. The van der Waals surface area contributed by atoms with Gasteiger partial charge in [0.2, 0.25) is 0 Å². The van der Waals surface area contributed by atoms with E-state index in [9.17, 15) is 5.11 Å². The van der Waals surface area contributed by atoms with Crippen LogP contribution in [0.1, 0.15) is 27.2 Å². The van der Waals surface area contributed by atoms with E-state index in [2.05, 4.69) is 12.2 Å². The molecule has 0 amide bonds. The lowest BCUT2D eigenvalue weighted by Gasteiger charge is -2.25. The summed E-state index contributed by atoms with van der Waals surface area (Å²) in [6, 6.07) is 0.294. The average Bonchev–Trinajstić information content (AvgIpc) is 2.11. The molecule has 0 bridgehead atoms. The van der Waals surface area contributed by atoms with Gasteiger partial charge in [-0.1, -0.05) is 6.92 Å². The fourth-order valence-corrected chi connectivity index (χ4v) is 1.45. The highest BCUT2D eigenvalue weighted by atomic mass is 16.3. The molecule has 0 aromatic heterocycles. The Morgan fingerprint density at radius 1 is 1.50 bits per heavy atom. The van der Waals surface area contributed by atoms with Crippen molar-refractivity contribution in [1.82, 2.24) is 5.32 Å². The molecule has 0 aromatic carbocycles. The maximum atomic E-state index is 9.57. The third kappa shape index (κ3) is 1.70. The van der Waals surface area contributed by atoms with Gasteiger partial charge in [0, 0.05) is 6.04 Å². The van der Waals surface area contributed by atoms with Gasteiger partial charge < -0.3 is 10.4 Å². The molecule has 2 N–H and O–H groups in total. The molecular formula is C8H17NO. The minimum absolute atomic E-state index is 0.294. The first-order valence-electron chi connectivity index (χ1n) is 3.96. The molecule has 60 valence electrons. The maximum Gasteiger partial charge on any atom is 0.0744 e. The van der Waals surface area contributed by atoms with Crippen molar-refractivity contribution >= 4 is 0 Å². The van der Waals surface area contributed by atoms with Crippen LogP contribution in [0.15, 0.2) is 0 Å². The van der Waals surface area contributed by atoms with E-state index in [0.717, 1.165) is 18.9 Å². The summed E-state index contributed by atoms with van der Waals surface area (Å²) in [5.74, 6) is 0.719. The fourth-order valence-electron chi connectivity index (χ4n) is 1.45. The van der Waals surface area contributed by atoms with E-state index in [-0.39, 0.29) is 0 Å². The summed E-state index contributed by atoms with van der Waals surface area (Å²) in [6.07, 6.45) is 1.10. The van der Waals surface area contributed by atoms with Crippen LogP contribution in [0.3, 0.4) is 0 Å². The van der Waals surface area contributed by atoms with Crippen molar-refractivity contribution in [2.75, 3.05) is 6.54 Å². The van der Waals surface area contributed by atoms with E-state index in [1.807, 2.05) is 13.8 Å². The first-order valence-corrected chi connectivity index (χ1v) is 3.96. The third-order valence-electron chi connectivity index (χ3n) is 2.20. The Morgan fingerprint density at radius 3 is 2.30 bits per heavy atom. The Kier molecular flexibility index (Phi) is 2.02. The molecule has 0 radical (unpaired) electrons. The highest BCUT2D eigenvalue weighted by Gasteiger charge is 2.31. The van der Waals surface area contributed by atoms with Crippen LogP contribution >= 0.6 is 0 Å². The first-order chi connectivity index (χ1) is 4.50. The number of hydrogen-bond donors (Lipinski definition) is 2. The van der Waals surface area contributed by atoms with E-state index < -0.39 is 5.60 Å². The normalized spacial score (nSPS) is 34.8. The van der Waals surface area contributed by atoms with Crippen molar-refractivity contribution in [1.29, 1.82) is 0 Å².